The number of amides is 2. The number of thiazole rings is 1. The van der Waals surface area contributed by atoms with Gasteiger partial charge in [-0.25, -0.2) is 4.98 Å². The Hall–Kier alpha value is -2.25. The van der Waals surface area contributed by atoms with Gasteiger partial charge in [0.15, 0.2) is 0 Å². The SMILES string of the molecule is CC(=O)NC(CC(=O)N(C)C(C)c1nc2ccccc2s1)c1cccs1. The van der Waals surface area contributed by atoms with Gasteiger partial charge in [0.2, 0.25) is 11.8 Å². The van der Waals surface area contributed by atoms with Crippen molar-refractivity contribution in [2.24, 2.45) is 0 Å². The van der Waals surface area contributed by atoms with Crippen LogP contribution in [0.15, 0.2) is 41.8 Å². The Kier molecular flexibility index (Phi) is 5.68. The molecule has 0 aliphatic rings. The molecule has 136 valence electrons. The van der Waals surface area contributed by atoms with Gasteiger partial charge in [0.25, 0.3) is 0 Å². The average molecular weight is 388 g/mol. The average Bonchev–Trinajstić information content (AvgIpc) is 3.28. The number of thiophene rings is 1. The van der Waals surface area contributed by atoms with Gasteiger partial charge in [-0.15, -0.1) is 22.7 Å². The monoisotopic (exact) mass is 387 g/mol. The Labute approximate surface area is 160 Å². The Bertz CT molecular complexity index is 872. The molecular formula is C19H21N3O2S2. The molecule has 2 aromatic heterocycles. The van der Waals surface area contributed by atoms with Gasteiger partial charge >= 0.3 is 0 Å². The predicted molar refractivity (Wildman–Crippen MR) is 106 cm³/mol. The Morgan fingerprint density at radius 1 is 1.23 bits per heavy atom. The first-order valence-electron chi connectivity index (χ1n) is 8.37. The van der Waals surface area contributed by atoms with E-state index >= 15 is 0 Å². The van der Waals surface area contributed by atoms with Crippen molar-refractivity contribution < 1.29 is 9.59 Å². The molecule has 0 saturated heterocycles. The van der Waals surface area contributed by atoms with Gasteiger partial charge in [-0.1, -0.05) is 18.2 Å². The minimum absolute atomic E-state index is 0.0242. The highest BCUT2D eigenvalue weighted by atomic mass is 32.1. The fourth-order valence-corrected chi connectivity index (χ4v) is 4.57. The van der Waals surface area contributed by atoms with Crippen LogP contribution in [0.1, 0.15) is 42.2 Å². The molecule has 0 aliphatic carbocycles. The van der Waals surface area contributed by atoms with Crippen molar-refractivity contribution in [2.75, 3.05) is 7.05 Å². The lowest BCUT2D eigenvalue weighted by atomic mass is 10.1. The smallest absolute Gasteiger partial charge is 0.225 e. The summed E-state index contributed by atoms with van der Waals surface area (Å²) in [6.45, 7) is 3.45. The van der Waals surface area contributed by atoms with Gasteiger partial charge < -0.3 is 10.2 Å². The highest BCUT2D eigenvalue weighted by Gasteiger charge is 2.25. The molecule has 0 fully saturated rings. The number of rotatable bonds is 6. The van der Waals surface area contributed by atoms with E-state index in [1.807, 2.05) is 48.7 Å². The quantitative estimate of drug-likeness (QED) is 0.691. The third-order valence-corrected chi connectivity index (χ3v) is 6.48. The van der Waals surface area contributed by atoms with E-state index in [0.29, 0.717) is 0 Å². The second kappa shape index (κ2) is 7.97. The fraction of sp³-hybridized carbons (Fsp3) is 0.316. The van der Waals surface area contributed by atoms with Gasteiger partial charge in [0, 0.05) is 18.8 Å². The van der Waals surface area contributed by atoms with Crippen molar-refractivity contribution in [2.45, 2.75) is 32.4 Å². The van der Waals surface area contributed by atoms with Crippen LogP contribution in [0.2, 0.25) is 0 Å². The van der Waals surface area contributed by atoms with Gasteiger partial charge in [-0.05, 0) is 30.5 Å². The van der Waals surface area contributed by atoms with Crippen LogP contribution in [0.25, 0.3) is 10.2 Å². The van der Waals surface area contributed by atoms with E-state index in [0.717, 1.165) is 20.1 Å². The largest absolute Gasteiger partial charge is 0.348 e. The molecule has 3 rings (SSSR count). The minimum atomic E-state index is -0.301. The first-order chi connectivity index (χ1) is 12.5. The molecule has 3 aromatic rings. The number of carbonyl (C=O) groups excluding carboxylic acids is 2. The molecular weight excluding hydrogens is 366 g/mol. The van der Waals surface area contributed by atoms with Crippen LogP contribution in [0.4, 0.5) is 0 Å². The molecule has 2 heterocycles. The van der Waals surface area contributed by atoms with Crippen LogP contribution in [0.3, 0.4) is 0 Å². The number of benzene rings is 1. The Morgan fingerprint density at radius 2 is 2.00 bits per heavy atom. The minimum Gasteiger partial charge on any atom is -0.348 e. The van der Waals surface area contributed by atoms with Crippen LogP contribution in [-0.4, -0.2) is 28.7 Å². The lowest BCUT2D eigenvalue weighted by molar-refractivity contribution is -0.132. The summed E-state index contributed by atoms with van der Waals surface area (Å²) in [7, 11) is 1.79. The van der Waals surface area contributed by atoms with Crippen molar-refractivity contribution in [3.8, 4) is 0 Å². The summed E-state index contributed by atoms with van der Waals surface area (Å²) in [5, 5.41) is 5.74. The van der Waals surface area contributed by atoms with Gasteiger partial charge in [-0.3, -0.25) is 9.59 Å². The van der Waals surface area contributed by atoms with E-state index in [9.17, 15) is 9.59 Å². The van der Waals surface area contributed by atoms with Crippen LogP contribution in [0, 0.1) is 0 Å². The van der Waals surface area contributed by atoms with Crippen molar-refractivity contribution in [3.05, 3.63) is 51.7 Å². The maximum Gasteiger partial charge on any atom is 0.225 e. The highest BCUT2D eigenvalue weighted by molar-refractivity contribution is 7.18. The normalized spacial score (nSPS) is 13.3. The standard InChI is InChI=1S/C19H21N3O2S2/c1-12(19-21-14-7-4-5-8-17(14)26-19)22(3)18(24)11-15(20-13(2)23)16-9-6-10-25-16/h4-10,12,15H,11H2,1-3H3,(H,20,23). The topological polar surface area (TPSA) is 62.3 Å². The van der Waals surface area contributed by atoms with Crippen LogP contribution in [-0.2, 0) is 9.59 Å². The van der Waals surface area contributed by atoms with Crippen molar-refractivity contribution in [1.82, 2.24) is 15.2 Å². The number of nitrogens with zero attached hydrogens (tertiary/aromatic N) is 2. The van der Waals surface area contributed by atoms with E-state index in [1.165, 1.54) is 18.3 Å². The highest BCUT2D eigenvalue weighted by Crippen LogP contribution is 2.30. The lowest BCUT2D eigenvalue weighted by Crippen LogP contribution is -2.34. The molecule has 2 atom stereocenters. The molecule has 7 heteroatoms. The summed E-state index contributed by atoms with van der Waals surface area (Å²) in [4.78, 5) is 31.7. The Balaban J connectivity index is 1.73. The number of para-hydroxylation sites is 1. The third kappa shape index (κ3) is 4.11. The third-order valence-electron chi connectivity index (χ3n) is 4.29. The summed E-state index contributed by atoms with van der Waals surface area (Å²) >= 11 is 3.14. The number of fused-ring (bicyclic) bond motifs is 1. The zero-order valence-electron chi connectivity index (χ0n) is 14.9. The molecule has 2 unspecified atom stereocenters. The van der Waals surface area contributed by atoms with Crippen molar-refractivity contribution in [3.63, 3.8) is 0 Å². The van der Waals surface area contributed by atoms with Crippen molar-refractivity contribution in [1.29, 1.82) is 0 Å². The molecule has 0 spiro atoms. The molecule has 2 amide bonds. The predicted octanol–water partition coefficient (Wildman–Crippen LogP) is 4.14. The fourth-order valence-electron chi connectivity index (χ4n) is 2.73. The maximum absolute atomic E-state index is 12.8. The molecule has 0 radical (unpaired) electrons. The summed E-state index contributed by atoms with van der Waals surface area (Å²) in [6, 6.07) is 11.4. The van der Waals surface area contributed by atoms with Gasteiger partial charge in [0.1, 0.15) is 5.01 Å². The van der Waals surface area contributed by atoms with Crippen LogP contribution in [0.5, 0.6) is 0 Å². The van der Waals surface area contributed by atoms with Gasteiger partial charge in [0.05, 0.1) is 28.7 Å². The number of hydrogen-bond acceptors (Lipinski definition) is 5. The molecule has 0 aliphatic heterocycles. The number of aromatic nitrogens is 1. The summed E-state index contributed by atoms with van der Waals surface area (Å²) in [5.74, 6) is -0.165. The molecule has 5 nitrogen and oxygen atoms in total. The summed E-state index contributed by atoms with van der Waals surface area (Å²) in [6.07, 6.45) is 0.228. The van der Waals surface area contributed by atoms with E-state index in [4.69, 9.17) is 0 Å². The maximum atomic E-state index is 12.8. The second-order valence-electron chi connectivity index (χ2n) is 6.17. The summed E-state index contributed by atoms with van der Waals surface area (Å²) < 4.78 is 1.12. The lowest BCUT2D eigenvalue weighted by Gasteiger charge is -2.25. The molecule has 1 N–H and O–H groups in total. The zero-order chi connectivity index (χ0) is 18.7. The number of carbonyl (C=O) groups is 2. The number of nitrogens with one attached hydrogen (secondary N) is 1. The van der Waals surface area contributed by atoms with Crippen LogP contribution >= 0.6 is 22.7 Å². The Morgan fingerprint density at radius 3 is 2.65 bits per heavy atom. The van der Waals surface area contributed by atoms with E-state index in [1.54, 1.807) is 23.3 Å². The van der Waals surface area contributed by atoms with Crippen LogP contribution < -0.4 is 5.32 Å². The molecule has 1 aromatic carbocycles. The molecule has 0 saturated carbocycles. The van der Waals surface area contributed by atoms with E-state index < -0.39 is 0 Å². The first-order valence-corrected chi connectivity index (χ1v) is 10.1. The van der Waals surface area contributed by atoms with E-state index in [-0.39, 0.29) is 30.3 Å². The molecule has 26 heavy (non-hydrogen) atoms. The van der Waals surface area contributed by atoms with Crippen molar-refractivity contribution >= 4 is 44.7 Å². The van der Waals surface area contributed by atoms with E-state index in [2.05, 4.69) is 10.3 Å². The summed E-state index contributed by atoms with van der Waals surface area (Å²) in [5.41, 5.74) is 0.954. The molecule has 0 bridgehead atoms. The second-order valence-corrected chi connectivity index (χ2v) is 8.21. The first kappa shape index (κ1) is 18.5. The zero-order valence-corrected chi connectivity index (χ0v) is 16.6. The van der Waals surface area contributed by atoms with Gasteiger partial charge in [-0.2, -0.15) is 0 Å². The number of hydrogen-bond donors (Lipinski definition) is 1.